The van der Waals surface area contributed by atoms with Gasteiger partial charge in [-0.05, 0) is 25.5 Å². The molecule has 4 heteroatoms. The second kappa shape index (κ2) is 7.56. The van der Waals surface area contributed by atoms with E-state index in [-0.39, 0.29) is 11.6 Å². The van der Waals surface area contributed by atoms with Gasteiger partial charge >= 0.3 is 0 Å². The number of nitrogens with two attached hydrogens (primary N) is 1. The van der Waals surface area contributed by atoms with Crippen molar-refractivity contribution in [2.75, 3.05) is 13.1 Å². The fourth-order valence-corrected chi connectivity index (χ4v) is 2.40. The molecule has 0 saturated heterocycles. The smallest absolute Gasteiger partial charge is 0.263 e. The van der Waals surface area contributed by atoms with Crippen LogP contribution in [0.4, 0.5) is 8.78 Å². The van der Waals surface area contributed by atoms with E-state index in [4.69, 9.17) is 5.73 Å². The monoisotopic (exact) mass is 270 g/mol. The minimum atomic E-state index is -2.41. The lowest BCUT2D eigenvalue weighted by molar-refractivity contribution is 0.148. The van der Waals surface area contributed by atoms with Crippen molar-refractivity contribution in [1.29, 1.82) is 0 Å². The Labute approximate surface area is 114 Å². The average Bonchev–Trinajstić information content (AvgIpc) is 2.44. The summed E-state index contributed by atoms with van der Waals surface area (Å²) < 4.78 is 25.1. The highest BCUT2D eigenvalue weighted by Gasteiger charge is 2.21. The summed E-state index contributed by atoms with van der Waals surface area (Å²) in [4.78, 5) is 2.32. The maximum Gasteiger partial charge on any atom is 0.263 e. The molecule has 2 unspecified atom stereocenters. The molecule has 1 aromatic carbocycles. The molecule has 0 saturated carbocycles. The normalized spacial score (nSPS) is 14.9. The van der Waals surface area contributed by atoms with Crippen molar-refractivity contribution in [3.63, 3.8) is 0 Å². The predicted molar refractivity (Wildman–Crippen MR) is 75.3 cm³/mol. The summed E-state index contributed by atoms with van der Waals surface area (Å²) in [6.45, 7) is 7.79. The van der Waals surface area contributed by atoms with E-state index in [2.05, 4.69) is 25.7 Å². The molecule has 19 heavy (non-hydrogen) atoms. The Hall–Kier alpha value is -1.00. The van der Waals surface area contributed by atoms with E-state index in [1.54, 1.807) is 12.1 Å². The molecule has 0 radical (unpaired) electrons. The average molecular weight is 270 g/mol. The zero-order valence-corrected chi connectivity index (χ0v) is 11.9. The van der Waals surface area contributed by atoms with Crippen LogP contribution in [-0.4, -0.2) is 24.0 Å². The first kappa shape index (κ1) is 16.1. The van der Waals surface area contributed by atoms with E-state index in [1.165, 1.54) is 12.1 Å². The summed E-state index contributed by atoms with van der Waals surface area (Å²) in [5.41, 5.74) is 6.95. The van der Waals surface area contributed by atoms with Crippen LogP contribution >= 0.6 is 0 Å². The number of hydrogen-bond donors (Lipinski definition) is 1. The van der Waals surface area contributed by atoms with Crippen LogP contribution in [0.1, 0.15) is 50.8 Å². The summed E-state index contributed by atoms with van der Waals surface area (Å²) >= 11 is 0. The fraction of sp³-hybridized carbons (Fsp3) is 0.600. The molecule has 0 aliphatic rings. The summed E-state index contributed by atoms with van der Waals surface area (Å²) in [6.07, 6.45) is -1.37. The molecule has 0 fully saturated rings. The van der Waals surface area contributed by atoms with Crippen LogP contribution in [0, 0.1) is 0 Å². The summed E-state index contributed by atoms with van der Waals surface area (Å²) in [6, 6.07) is 7.04. The highest BCUT2D eigenvalue weighted by atomic mass is 19.3. The Balaban J connectivity index is 2.95. The van der Waals surface area contributed by atoms with Gasteiger partial charge in [0.2, 0.25) is 0 Å². The Morgan fingerprint density at radius 3 is 2.00 bits per heavy atom. The van der Waals surface area contributed by atoms with Crippen molar-refractivity contribution in [3.8, 4) is 0 Å². The largest absolute Gasteiger partial charge is 0.329 e. The number of rotatable bonds is 7. The molecule has 0 bridgehead atoms. The van der Waals surface area contributed by atoms with Gasteiger partial charge in [-0.3, -0.25) is 4.90 Å². The topological polar surface area (TPSA) is 29.3 Å². The summed E-state index contributed by atoms with van der Waals surface area (Å²) in [7, 11) is 0. The molecule has 2 atom stereocenters. The summed E-state index contributed by atoms with van der Waals surface area (Å²) in [5, 5.41) is 0. The Kier molecular flexibility index (Phi) is 6.38. The number of benzene rings is 1. The van der Waals surface area contributed by atoms with Gasteiger partial charge in [-0.1, -0.05) is 38.1 Å². The van der Waals surface area contributed by atoms with Crippen LogP contribution in [-0.2, 0) is 0 Å². The van der Waals surface area contributed by atoms with E-state index in [0.29, 0.717) is 12.6 Å². The first-order chi connectivity index (χ1) is 9.04. The molecule has 108 valence electrons. The zero-order chi connectivity index (χ0) is 14.4. The van der Waals surface area contributed by atoms with Gasteiger partial charge in [-0.15, -0.1) is 0 Å². The van der Waals surface area contributed by atoms with E-state index >= 15 is 0 Å². The number of nitrogens with zero attached hydrogens (tertiary/aromatic N) is 1. The van der Waals surface area contributed by atoms with Crippen molar-refractivity contribution in [2.45, 2.75) is 45.7 Å². The molecule has 2 N–H and O–H groups in total. The second-order valence-electron chi connectivity index (χ2n) is 4.81. The SMILES string of the molecule is CCC(C)N(CC)C(CN)c1ccc(C(F)F)cc1. The van der Waals surface area contributed by atoms with Crippen molar-refractivity contribution >= 4 is 0 Å². The molecule has 0 aliphatic heterocycles. The van der Waals surface area contributed by atoms with Crippen LogP contribution < -0.4 is 5.73 Å². The van der Waals surface area contributed by atoms with Gasteiger partial charge < -0.3 is 5.73 Å². The number of alkyl halides is 2. The van der Waals surface area contributed by atoms with Gasteiger partial charge in [-0.2, -0.15) is 0 Å². The van der Waals surface area contributed by atoms with Crippen LogP contribution in [0.25, 0.3) is 0 Å². The number of likely N-dealkylation sites (N-methyl/N-ethyl adjacent to an activating group) is 1. The van der Waals surface area contributed by atoms with E-state index in [9.17, 15) is 8.78 Å². The van der Waals surface area contributed by atoms with Gasteiger partial charge in [0.15, 0.2) is 0 Å². The molecule has 1 rings (SSSR count). The third-order valence-corrected chi connectivity index (χ3v) is 3.72. The minimum absolute atomic E-state index is 0.0612. The molecule has 0 aromatic heterocycles. The molecule has 2 nitrogen and oxygen atoms in total. The molecule has 0 heterocycles. The number of hydrogen-bond acceptors (Lipinski definition) is 2. The van der Waals surface area contributed by atoms with Gasteiger partial charge in [0, 0.05) is 24.2 Å². The Morgan fingerprint density at radius 2 is 1.63 bits per heavy atom. The Bertz CT molecular complexity index is 365. The lowest BCUT2D eigenvalue weighted by Gasteiger charge is -2.35. The van der Waals surface area contributed by atoms with Crippen LogP contribution in [0.5, 0.6) is 0 Å². The van der Waals surface area contributed by atoms with Crippen molar-refractivity contribution in [1.82, 2.24) is 4.90 Å². The van der Waals surface area contributed by atoms with Gasteiger partial charge in [-0.25, -0.2) is 8.78 Å². The molecular formula is C15H24F2N2. The predicted octanol–water partition coefficient (Wildman–Crippen LogP) is 3.74. The van der Waals surface area contributed by atoms with Crippen molar-refractivity contribution in [2.24, 2.45) is 5.73 Å². The van der Waals surface area contributed by atoms with Crippen LogP contribution in [0.3, 0.4) is 0 Å². The lowest BCUT2D eigenvalue weighted by Crippen LogP contribution is -2.39. The first-order valence-electron chi connectivity index (χ1n) is 6.88. The van der Waals surface area contributed by atoms with E-state index in [1.807, 2.05) is 0 Å². The number of halogens is 2. The molecule has 1 aromatic rings. The van der Waals surface area contributed by atoms with Crippen LogP contribution in [0.2, 0.25) is 0 Å². The Morgan fingerprint density at radius 1 is 1.11 bits per heavy atom. The maximum atomic E-state index is 12.6. The highest BCUT2D eigenvalue weighted by Crippen LogP contribution is 2.25. The van der Waals surface area contributed by atoms with Crippen LogP contribution in [0.15, 0.2) is 24.3 Å². The van der Waals surface area contributed by atoms with Crippen molar-refractivity contribution in [3.05, 3.63) is 35.4 Å². The lowest BCUT2D eigenvalue weighted by atomic mass is 10.0. The third kappa shape index (κ3) is 3.98. The molecule has 0 aliphatic carbocycles. The second-order valence-corrected chi connectivity index (χ2v) is 4.81. The van der Waals surface area contributed by atoms with E-state index in [0.717, 1.165) is 18.5 Å². The standard InChI is InChI=1S/C15H24F2N2/c1-4-11(3)19(5-2)14(10-18)12-6-8-13(9-7-12)15(16)17/h6-9,11,14-15H,4-5,10,18H2,1-3H3. The first-order valence-corrected chi connectivity index (χ1v) is 6.88. The molecular weight excluding hydrogens is 246 g/mol. The minimum Gasteiger partial charge on any atom is -0.329 e. The fourth-order valence-electron chi connectivity index (χ4n) is 2.40. The summed E-state index contributed by atoms with van der Waals surface area (Å²) in [5.74, 6) is 0. The van der Waals surface area contributed by atoms with Gasteiger partial charge in [0.05, 0.1) is 0 Å². The molecule has 0 spiro atoms. The highest BCUT2D eigenvalue weighted by molar-refractivity contribution is 5.26. The zero-order valence-electron chi connectivity index (χ0n) is 11.9. The maximum absolute atomic E-state index is 12.6. The third-order valence-electron chi connectivity index (χ3n) is 3.72. The van der Waals surface area contributed by atoms with Crippen molar-refractivity contribution < 1.29 is 8.78 Å². The quantitative estimate of drug-likeness (QED) is 0.817. The van der Waals surface area contributed by atoms with Gasteiger partial charge in [0.1, 0.15) is 0 Å². The molecule has 0 amide bonds. The van der Waals surface area contributed by atoms with E-state index < -0.39 is 6.43 Å². The van der Waals surface area contributed by atoms with Gasteiger partial charge in [0.25, 0.3) is 6.43 Å².